The highest BCUT2D eigenvalue weighted by molar-refractivity contribution is 7.89. The molecule has 0 aromatic carbocycles. The molecule has 7 heteroatoms. The van der Waals surface area contributed by atoms with E-state index in [-0.39, 0.29) is 10.4 Å². The number of aromatic amines is 1. The van der Waals surface area contributed by atoms with Crippen LogP contribution in [0.15, 0.2) is 11.2 Å². The number of nitrogens with zero attached hydrogens (tertiary/aromatic N) is 1. The second-order valence-corrected chi connectivity index (χ2v) is 6.95. The van der Waals surface area contributed by atoms with Gasteiger partial charge in [0, 0.05) is 6.54 Å². The van der Waals surface area contributed by atoms with E-state index in [4.69, 9.17) is 0 Å². The molecule has 0 bridgehead atoms. The molecule has 3 N–H and O–H groups in total. The molecular weight excluding hydrogens is 252 g/mol. The second-order valence-electron chi connectivity index (χ2n) is 5.22. The Kier molecular flexibility index (Phi) is 3.74. The van der Waals surface area contributed by atoms with Gasteiger partial charge in [-0.2, -0.15) is 0 Å². The number of rotatable bonds is 4. The summed E-state index contributed by atoms with van der Waals surface area (Å²) in [5, 5.41) is 3.42. The topological polar surface area (TPSA) is 86.9 Å². The van der Waals surface area contributed by atoms with Crippen LogP contribution in [0.4, 0.5) is 0 Å². The normalized spacial score (nSPS) is 19.9. The summed E-state index contributed by atoms with van der Waals surface area (Å²) in [5.74, 6) is 0.600. The highest BCUT2D eigenvalue weighted by Gasteiger charge is 2.29. The quantitative estimate of drug-likeness (QED) is 0.740. The van der Waals surface area contributed by atoms with Crippen LogP contribution in [0.5, 0.6) is 0 Å². The Bertz CT molecular complexity index is 503. The zero-order chi connectivity index (χ0) is 13.2. The van der Waals surface area contributed by atoms with Gasteiger partial charge in [0.1, 0.15) is 5.82 Å². The summed E-state index contributed by atoms with van der Waals surface area (Å²) >= 11 is 0. The number of H-pyrrole nitrogens is 1. The summed E-state index contributed by atoms with van der Waals surface area (Å²) in [7, 11) is -3.47. The number of aromatic nitrogens is 2. The Morgan fingerprint density at radius 1 is 1.44 bits per heavy atom. The maximum Gasteiger partial charge on any atom is 0.257 e. The molecule has 0 amide bonds. The summed E-state index contributed by atoms with van der Waals surface area (Å²) in [4.78, 5) is 6.65. The Hall–Kier alpha value is -0.920. The summed E-state index contributed by atoms with van der Waals surface area (Å²) < 4.78 is 26.7. The molecule has 0 saturated carbocycles. The van der Waals surface area contributed by atoms with Crippen LogP contribution in [0, 0.1) is 12.3 Å². The maximum absolute atomic E-state index is 12.0. The first-order chi connectivity index (χ1) is 8.41. The van der Waals surface area contributed by atoms with Crippen LogP contribution in [0.2, 0.25) is 0 Å². The number of hydrogen-bond donors (Lipinski definition) is 3. The van der Waals surface area contributed by atoms with Crippen LogP contribution in [0.1, 0.15) is 25.6 Å². The molecule has 0 radical (unpaired) electrons. The van der Waals surface area contributed by atoms with E-state index >= 15 is 0 Å². The van der Waals surface area contributed by atoms with Crippen molar-refractivity contribution >= 4 is 10.0 Å². The fraction of sp³-hybridized carbons (Fsp3) is 0.727. The van der Waals surface area contributed by atoms with Gasteiger partial charge in [0.05, 0.1) is 6.20 Å². The van der Waals surface area contributed by atoms with E-state index in [1.807, 2.05) is 0 Å². The fourth-order valence-electron chi connectivity index (χ4n) is 2.09. The monoisotopic (exact) mass is 272 g/mol. The van der Waals surface area contributed by atoms with Crippen LogP contribution in [0.3, 0.4) is 0 Å². The van der Waals surface area contributed by atoms with Crippen molar-refractivity contribution in [2.24, 2.45) is 5.41 Å². The Morgan fingerprint density at radius 2 is 2.11 bits per heavy atom. The standard InChI is InChI=1S/C11H20N4O2S/c1-9-13-7-10(15-9)18(16,17)14-8-11(2)3-5-12-6-4-11/h7,12,14H,3-6,8H2,1-2H3,(H,13,15). The van der Waals surface area contributed by atoms with Crippen molar-refractivity contribution in [3.05, 3.63) is 12.0 Å². The van der Waals surface area contributed by atoms with Crippen LogP contribution < -0.4 is 10.0 Å². The van der Waals surface area contributed by atoms with E-state index in [2.05, 4.69) is 26.9 Å². The molecule has 102 valence electrons. The summed E-state index contributed by atoms with van der Waals surface area (Å²) in [6.45, 7) is 6.21. The first kappa shape index (κ1) is 13.5. The van der Waals surface area contributed by atoms with E-state index in [1.54, 1.807) is 6.92 Å². The van der Waals surface area contributed by atoms with Gasteiger partial charge < -0.3 is 10.3 Å². The van der Waals surface area contributed by atoms with Crippen LogP contribution >= 0.6 is 0 Å². The molecule has 1 aliphatic heterocycles. The molecule has 0 atom stereocenters. The zero-order valence-corrected chi connectivity index (χ0v) is 11.6. The van der Waals surface area contributed by atoms with Crippen LogP contribution in [0.25, 0.3) is 0 Å². The van der Waals surface area contributed by atoms with Crippen molar-refractivity contribution in [3.8, 4) is 0 Å². The average Bonchev–Trinajstić information content (AvgIpc) is 2.76. The van der Waals surface area contributed by atoms with Gasteiger partial charge in [-0.25, -0.2) is 18.1 Å². The number of nitrogens with one attached hydrogen (secondary N) is 3. The van der Waals surface area contributed by atoms with Gasteiger partial charge in [0.2, 0.25) is 0 Å². The Labute approximate surface area is 108 Å². The van der Waals surface area contributed by atoms with Crippen molar-refractivity contribution in [2.75, 3.05) is 19.6 Å². The first-order valence-electron chi connectivity index (χ1n) is 6.13. The SMILES string of the molecule is Cc1ncc(S(=O)(=O)NCC2(C)CCNCC2)[nH]1. The lowest BCUT2D eigenvalue weighted by atomic mass is 9.81. The van der Waals surface area contributed by atoms with Crippen molar-refractivity contribution in [1.82, 2.24) is 20.0 Å². The Balaban J connectivity index is 2.01. The molecular formula is C11H20N4O2S. The zero-order valence-electron chi connectivity index (χ0n) is 10.8. The number of hydrogen-bond acceptors (Lipinski definition) is 4. The number of piperidine rings is 1. The molecule has 1 aromatic rings. The lowest BCUT2D eigenvalue weighted by Gasteiger charge is -2.33. The molecule has 0 aliphatic carbocycles. The lowest BCUT2D eigenvalue weighted by Crippen LogP contribution is -2.42. The molecule has 0 unspecified atom stereocenters. The smallest absolute Gasteiger partial charge is 0.257 e. The summed E-state index contributed by atoms with van der Waals surface area (Å²) in [6, 6.07) is 0. The van der Waals surface area contributed by atoms with Gasteiger partial charge in [0.25, 0.3) is 10.0 Å². The average molecular weight is 272 g/mol. The maximum atomic E-state index is 12.0. The predicted molar refractivity (Wildman–Crippen MR) is 68.7 cm³/mol. The molecule has 6 nitrogen and oxygen atoms in total. The fourth-order valence-corrected chi connectivity index (χ4v) is 3.26. The first-order valence-corrected chi connectivity index (χ1v) is 7.62. The molecule has 18 heavy (non-hydrogen) atoms. The molecule has 2 rings (SSSR count). The van der Waals surface area contributed by atoms with Crippen molar-refractivity contribution in [1.29, 1.82) is 0 Å². The molecule has 1 fully saturated rings. The number of sulfonamides is 1. The Morgan fingerprint density at radius 3 is 2.67 bits per heavy atom. The van der Waals surface area contributed by atoms with Gasteiger partial charge in [-0.15, -0.1) is 0 Å². The van der Waals surface area contributed by atoms with Crippen molar-refractivity contribution in [3.63, 3.8) is 0 Å². The minimum atomic E-state index is -3.47. The van der Waals surface area contributed by atoms with Gasteiger partial charge in [0.15, 0.2) is 5.03 Å². The van der Waals surface area contributed by atoms with E-state index in [9.17, 15) is 8.42 Å². The van der Waals surface area contributed by atoms with E-state index in [0.29, 0.717) is 12.4 Å². The number of imidazole rings is 1. The molecule has 0 spiro atoms. The lowest BCUT2D eigenvalue weighted by molar-refractivity contribution is 0.232. The number of aryl methyl sites for hydroxylation is 1. The minimum Gasteiger partial charge on any atom is -0.332 e. The summed E-state index contributed by atoms with van der Waals surface area (Å²) in [6.07, 6.45) is 3.32. The van der Waals surface area contributed by atoms with Gasteiger partial charge in [-0.3, -0.25) is 0 Å². The third-order valence-electron chi connectivity index (χ3n) is 3.47. The highest BCUT2D eigenvalue weighted by atomic mass is 32.2. The summed E-state index contributed by atoms with van der Waals surface area (Å²) in [5.41, 5.74) is 0.0351. The van der Waals surface area contributed by atoms with Gasteiger partial charge >= 0.3 is 0 Å². The molecule has 1 aromatic heterocycles. The van der Waals surface area contributed by atoms with Crippen LogP contribution in [-0.2, 0) is 10.0 Å². The van der Waals surface area contributed by atoms with Gasteiger partial charge in [-0.05, 0) is 38.3 Å². The van der Waals surface area contributed by atoms with Crippen LogP contribution in [-0.4, -0.2) is 38.0 Å². The molecule has 1 saturated heterocycles. The minimum absolute atomic E-state index is 0.0351. The molecule has 2 heterocycles. The van der Waals surface area contributed by atoms with Crippen molar-refractivity contribution in [2.45, 2.75) is 31.7 Å². The van der Waals surface area contributed by atoms with Crippen molar-refractivity contribution < 1.29 is 8.42 Å². The largest absolute Gasteiger partial charge is 0.332 e. The predicted octanol–water partition coefficient (Wildman–Crippen LogP) is 0.386. The third-order valence-corrected chi connectivity index (χ3v) is 4.78. The van der Waals surface area contributed by atoms with E-state index in [0.717, 1.165) is 25.9 Å². The van der Waals surface area contributed by atoms with Gasteiger partial charge in [-0.1, -0.05) is 6.92 Å². The highest BCUT2D eigenvalue weighted by Crippen LogP contribution is 2.27. The van der Waals surface area contributed by atoms with E-state index in [1.165, 1.54) is 6.20 Å². The van der Waals surface area contributed by atoms with E-state index < -0.39 is 10.0 Å². The third kappa shape index (κ3) is 3.09. The second kappa shape index (κ2) is 4.99. The molecule has 1 aliphatic rings.